The molecule has 0 radical (unpaired) electrons. The normalized spacial score (nSPS) is 19.9. The lowest BCUT2D eigenvalue weighted by Crippen LogP contribution is -2.53. The first-order valence-corrected chi connectivity index (χ1v) is 18.3. The Labute approximate surface area is 299 Å². The summed E-state index contributed by atoms with van der Waals surface area (Å²) in [7, 11) is 0. The number of aryl methyl sites for hydroxylation is 1. The lowest BCUT2D eigenvalue weighted by atomic mass is 9.70. The van der Waals surface area contributed by atoms with Crippen LogP contribution in [0.15, 0.2) is 54.6 Å². The summed E-state index contributed by atoms with van der Waals surface area (Å²) in [6.45, 7) is 14.0. The number of benzene rings is 3. The molecule has 262 valence electrons. The van der Waals surface area contributed by atoms with Crippen molar-refractivity contribution in [3.8, 4) is 6.07 Å². The average molecular weight is 684 g/mol. The molecule has 1 aromatic heterocycles. The molecule has 0 atom stereocenters. The summed E-state index contributed by atoms with van der Waals surface area (Å²) in [5, 5.41) is 12.7. The van der Waals surface area contributed by atoms with Gasteiger partial charge in [-0.3, -0.25) is 29.6 Å². The van der Waals surface area contributed by atoms with Crippen LogP contribution in [0.1, 0.15) is 83.9 Å². The number of nitrogens with zero attached hydrogens (tertiary/aromatic N) is 5. The van der Waals surface area contributed by atoms with Crippen molar-refractivity contribution in [1.29, 1.82) is 5.26 Å². The molecular weight excluding hydrogens is 638 g/mol. The summed E-state index contributed by atoms with van der Waals surface area (Å²) in [6.07, 6.45) is 3.42. The van der Waals surface area contributed by atoms with Gasteiger partial charge in [0.2, 0.25) is 5.91 Å². The van der Waals surface area contributed by atoms with Crippen LogP contribution in [-0.4, -0.2) is 84.4 Å². The van der Waals surface area contributed by atoms with Crippen LogP contribution in [0.5, 0.6) is 0 Å². The molecule has 0 spiro atoms. The van der Waals surface area contributed by atoms with E-state index in [4.69, 9.17) is 0 Å². The number of ketones is 1. The van der Waals surface area contributed by atoms with E-state index >= 15 is 0 Å². The van der Waals surface area contributed by atoms with Crippen molar-refractivity contribution in [2.24, 2.45) is 0 Å². The Hall–Kier alpha value is -4.98. The zero-order valence-corrected chi connectivity index (χ0v) is 29.7. The number of carbonyl (C=O) groups excluding carboxylic acids is 3. The minimum absolute atomic E-state index is 0.0663. The fourth-order valence-electron chi connectivity index (χ4n) is 8.77. The maximum absolute atomic E-state index is 14.1. The molecule has 3 aliphatic heterocycles. The first-order valence-electron chi connectivity index (χ1n) is 18.3. The summed E-state index contributed by atoms with van der Waals surface area (Å²) in [5.41, 5.74) is 9.09. The van der Waals surface area contributed by atoms with Gasteiger partial charge in [0.1, 0.15) is 0 Å². The fourth-order valence-corrected chi connectivity index (χ4v) is 8.77. The second-order valence-corrected chi connectivity index (χ2v) is 15.0. The van der Waals surface area contributed by atoms with E-state index in [1.165, 1.54) is 16.8 Å². The third-order valence-corrected chi connectivity index (χ3v) is 11.7. The van der Waals surface area contributed by atoms with Crippen LogP contribution >= 0.6 is 0 Å². The molecular formula is C41H45N7O3. The highest BCUT2D eigenvalue weighted by molar-refractivity contribution is 6.20. The molecule has 8 rings (SSSR count). The summed E-state index contributed by atoms with van der Waals surface area (Å²) in [6, 6.07) is 20.6. The molecule has 3 fully saturated rings. The van der Waals surface area contributed by atoms with Gasteiger partial charge >= 0.3 is 6.03 Å². The molecule has 1 aliphatic carbocycles. The maximum atomic E-state index is 14.1. The van der Waals surface area contributed by atoms with Crippen LogP contribution in [-0.2, 0) is 23.2 Å². The zero-order chi connectivity index (χ0) is 35.4. The molecule has 0 saturated carbocycles. The first kappa shape index (κ1) is 33.2. The highest BCUT2D eigenvalue weighted by Gasteiger charge is 2.41. The Kier molecular flexibility index (Phi) is 8.44. The number of hydrogen-bond acceptors (Lipinski definition) is 7. The van der Waals surface area contributed by atoms with Gasteiger partial charge in [-0.15, -0.1) is 0 Å². The Bertz CT molecular complexity index is 2080. The monoisotopic (exact) mass is 683 g/mol. The van der Waals surface area contributed by atoms with Gasteiger partial charge < -0.3 is 9.88 Å². The number of aromatic amines is 1. The lowest BCUT2D eigenvalue weighted by molar-refractivity contribution is -0.120. The number of nitrogens with one attached hydrogen (secondary N) is 2. The third kappa shape index (κ3) is 5.88. The molecule has 10 nitrogen and oxygen atoms in total. The van der Waals surface area contributed by atoms with Gasteiger partial charge in [-0.05, 0) is 72.4 Å². The topological polar surface area (TPSA) is 116 Å². The van der Waals surface area contributed by atoms with E-state index < -0.39 is 5.41 Å². The van der Waals surface area contributed by atoms with Crippen LogP contribution in [0, 0.1) is 11.3 Å². The highest BCUT2D eigenvalue weighted by atomic mass is 16.2. The Morgan fingerprint density at radius 3 is 2.33 bits per heavy atom. The molecule has 4 heterocycles. The SMILES string of the molecule is CCc1cc2c(cc1N1CCC(N3CCN(Cc4ccc(N5CCC(=O)NC5=O)cc4)CC3)CC1)C(C)(C)c1[nH]c3cc(C#N)ccc3c1C2=O. The Morgan fingerprint density at radius 1 is 0.902 bits per heavy atom. The molecule has 3 saturated heterocycles. The van der Waals surface area contributed by atoms with Crippen molar-refractivity contribution >= 4 is 40.0 Å². The Balaban J connectivity index is 0.905. The predicted molar refractivity (Wildman–Crippen MR) is 198 cm³/mol. The number of imide groups is 1. The number of anilines is 2. The molecule has 4 aliphatic rings. The van der Waals surface area contributed by atoms with Crippen molar-refractivity contribution in [3.63, 3.8) is 0 Å². The number of rotatable bonds is 6. The fraction of sp³-hybridized carbons (Fsp3) is 0.415. The first-order chi connectivity index (χ1) is 24.6. The smallest absolute Gasteiger partial charge is 0.328 e. The molecule has 51 heavy (non-hydrogen) atoms. The van der Waals surface area contributed by atoms with E-state index in [-0.39, 0.29) is 17.7 Å². The van der Waals surface area contributed by atoms with Crippen molar-refractivity contribution in [3.05, 3.63) is 93.7 Å². The van der Waals surface area contributed by atoms with E-state index in [1.54, 1.807) is 11.0 Å². The molecule has 4 aromatic rings. The minimum Gasteiger partial charge on any atom is -0.371 e. The molecule has 3 aromatic carbocycles. The van der Waals surface area contributed by atoms with Crippen molar-refractivity contribution in [2.75, 3.05) is 55.6 Å². The number of fused-ring (bicyclic) bond motifs is 4. The lowest BCUT2D eigenvalue weighted by Gasteiger charge is -2.44. The van der Waals surface area contributed by atoms with E-state index in [2.05, 4.69) is 76.1 Å². The number of carbonyl (C=O) groups is 3. The second-order valence-electron chi connectivity index (χ2n) is 15.0. The molecule has 0 unspecified atom stereocenters. The third-order valence-electron chi connectivity index (χ3n) is 11.7. The van der Waals surface area contributed by atoms with Crippen molar-refractivity contribution in [2.45, 2.75) is 64.5 Å². The molecule has 0 bridgehead atoms. The van der Waals surface area contributed by atoms with Gasteiger partial charge in [-0.25, -0.2) is 4.79 Å². The van der Waals surface area contributed by atoms with Gasteiger partial charge in [0.25, 0.3) is 0 Å². The standard InChI is InChI=1S/C41H45N7O3/c1-4-28-22-32-33(41(2,3)39-37(38(32)50)31-10-7-27(24-42)21-34(31)43-39)23-35(28)47-14-11-29(12-15-47)46-19-17-45(18-20-46)25-26-5-8-30(9-6-26)48-16-13-36(49)44-40(48)51/h5-10,21-23,29,43H,4,11-20,25H2,1-3H3,(H,44,49,51). The molecule has 10 heteroatoms. The maximum Gasteiger partial charge on any atom is 0.328 e. The number of hydrogen-bond donors (Lipinski definition) is 2. The average Bonchev–Trinajstić information content (AvgIpc) is 3.55. The Morgan fingerprint density at radius 2 is 1.65 bits per heavy atom. The number of amides is 3. The van der Waals surface area contributed by atoms with Crippen molar-refractivity contribution < 1.29 is 14.4 Å². The van der Waals surface area contributed by atoms with Crippen LogP contribution in [0.25, 0.3) is 10.9 Å². The van der Waals surface area contributed by atoms with Crippen LogP contribution < -0.4 is 15.1 Å². The largest absolute Gasteiger partial charge is 0.371 e. The predicted octanol–water partition coefficient (Wildman–Crippen LogP) is 5.71. The summed E-state index contributed by atoms with van der Waals surface area (Å²) >= 11 is 0. The quantitative estimate of drug-likeness (QED) is 0.268. The number of nitriles is 1. The number of H-pyrrole nitrogens is 1. The van der Waals surface area contributed by atoms with Crippen LogP contribution in [0.2, 0.25) is 0 Å². The molecule has 2 N–H and O–H groups in total. The number of urea groups is 1. The van der Waals surface area contributed by atoms with E-state index in [0.29, 0.717) is 24.6 Å². The summed E-state index contributed by atoms with van der Waals surface area (Å²) in [4.78, 5) is 50.7. The summed E-state index contributed by atoms with van der Waals surface area (Å²) in [5.74, 6) is -0.152. The van der Waals surface area contributed by atoms with Crippen LogP contribution in [0.4, 0.5) is 16.2 Å². The number of piperidine rings is 1. The number of aromatic nitrogens is 1. The van der Waals surface area contributed by atoms with Gasteiger partial charge in [-0.1, -0.05) is 39.0 Å². The van der Waals surface area contributed by atoms with E-state index in [9.17, 15) is 19.6 Å². The zero-order valence-electron chi connectivity index (χ0n) is 29.7. The molecule has 3 amide bonds. The van der Waals surface area contributed by atoms with E-state index in [0.717, 1.165) is 104 Å². The van der Waals surface area contributed by atoms with Crippen LogP contribution in [0.3, 0.4) is 0 Å². The summed E-state index contributed by atoms with van der Waals surface area (Å²) < 4.78 is 0. The highest BCUT2D eigenvalue weighted by Crippen LogP contribution is 2.46. The minimum atomic E-state index is -0.392. The van der Waals surface area contributed by atoms with Gasteiger partial charge in [0.05, 0.1) is 17.2 Å². The number of piperazine rings is 1. The second kappa shape index (κ2) is 13.0. The van der Waals surface area contributed by atoms with Crippen molar-refractivity contribution in [1.82, 2.24) is 20.1 Å². The van der Waals surface area contributed by atoms with Gasteiger partial charge in [0, 0.05) is 104 Å². The van der Waals surface area contributed by atoms with Gasteiger partial charge in [-0.2, -0.15) is 5.26 Å². The van der Waals surface area contributed by atoms with E-state index in [1.807, 2.05) is 24.3 Å². The van der Waals surface area contributed by atoms with Gasteiger partial charge in [0.15, 0.2) is 5.78 Å².